The minimum Gasteiger partial charge on any atom is -0.490 e. The van der Waals surface area contributed by atoms with Crippen LogP contribution in [0.1, 0.15) is 37.0 Å². The Hall–Kier alpha value is -1.75. The molecule has 0 radical (unpaired) electrons. The average molecular weight is 281 g/mol. The first-order chi connectivity index (χ1) is 9.72. The molecule has 0 spiro atoms. The Morgan fingerprint density at radius 1 is 1.15 bits per heavy atom. The van der Waals surface area contributed by atoms with Gasteiger partial charge < -0.3 is 19.9 Å². The van der Waals surface area contributed by atoms with Gasteiger partial charge in [-0.15, -0.1) is 0 Å². The maximum atomic E-state index is 11.8. The summed E-state index contributed by atoms with van der Waals surface area (Å²) in [6.45, 7) is 5.39. The van der Waals surface area contributed by atoms with Crippen LogP contribution >= 0.6 is 0 Å². The van der Waals surface area contributed by atoms with E-state index in [0.717, 1.165) is 12.8 Å². The zero-order valence-corrected chi connectivity index (χ0v) is 12.1. The van der Waals surface area contributed by atoms with Crippen LogP contribution in [0, 0.1) is 0 Å². The Morgan fingerprint density at radius 2 is 1.80 bits per heavy atom. The van der Waals surface area contributed by atoms with Gasteiger partial charge in [0.15, 0.2) is 11.5 Å². The van der Waals surface area contributed by atoms with Crippen molar-refractivity contribution in [3.05, 3.63) is 23.8 Å². The number of carbonyl (C=O) groups is 1. The van der Waals surface area contributed by atoms with Crippen LogP contribution in [0.5, 0.6) is 11.5 Å². The zero-order valence-electron chi connectivity index (χ0n) is 12.1. The van der Waals surface area contributed by atoms with E-state index in [2.05, 4.69) is 5.32 Å². The van der Waals surface area contributed by atoms with Gasteiger partial charge >= 0.3 is 0 Å². The first kappa shape index (κ1) is 16.3. The molecule has 1 aromatic carbocycles. The van der Waals surface area contributed by atoms with Gasteiger partial charge in [-0.2, -0.15) is 0 Å². The molecule has 1 rings (SSSR count). The molecule has 5 heteroatoms. The molecule has 2 N–H and O–H groups in total. The number of hydrogen-bond donors (Lipinski definition) is 2. The van der Waals surface area contributed by atoms with Crippen LogP contribution in [-0.4, -0.2) is 37.4 Å². The van der Waals surface area contributed by atoms with E-state index in [0.29, 0.717) is 30.3 Å². The number of amides is 1. The van der Waals surface area contributed by atoms with Gasteiger partial charge in [-0.1, -0.05) is 13.8 Å². The molecule has 20 heavy (non-hydrogen) atoms. The summed E-state index contributed by atoms with van der Waals surface area (Å²) < 4.78 is 11.2. The Labute approximate surface area is 119 Å². The zero-order chi connectivity index (χ0) is 14.8. The lowest BCUT2D eigenvalue weighted by atomic mass is 10.2. The van der Waals surface area contributed by atoms with E-state index >= 15 is 0 Å². The lowest BCUT2D eigenvalue weighted by Crippen LogP contribution is -2.26. The molecule has 0 aliphatic heterocycles. The molecule has 5 nitrogen and oxygen atoms in total. The van der Waals surface area contributed by atoms with Crippen LogP contribution in [0.3, 0.4) is 0 Å². The summed E-state index contributed by atoms with van der Waals surface area (Å²) in [5, 5.41) is 11.3. The van der Waals surface area contributed by atoms with Crippen molar-refractivity contribution in [1.82, 2.24) is 5.32 Å². The Bertz CT molecular complexity index is 420. The van der Waals surface area contributed by atoms with Crippen molar-refractivity contribution in [3.63, 3.8) is 0 Å². The number of carbonyl (C=O) groups excluding carboxylic acids is 1. The number of rotatable bonds is 9. The van der Waals surface area contributed by atoms with E-state index in [1.54, 1.807) is 18.2 Å². The number of hydrogen-bond acceptors (Lipinski definition) is 4. The third-order valence-corrected chi connectivity index (χ3v) is 2.53. The molecular formula is C15H23NO4. The molecule has 0 saturated heterocycles. The highest BCUT2D eigenvalue weighted by atomic mass is 16.5. The molecule has 1 amide bonds. The van der Waals surface area contributed by atoms with Gasteiger partial charge in [0.05, 0.1) is 19.8 Å². The predicted molar refractivity (Wildman–Crippen MR) is 77.4 cm³/mol. The van der Waals surface area contributed by atoms with Gasteiger partial charge in [0.1, 0.15) is 0 Å². The summed E-state index contributed by atoms with van der Waals surface area (Å²) in [5.74, 6) is 0.999. The standard InChI is InChI=1S/C15H23NO4/c1-3-9-19-13-6-5-12(15(18)16-7-8-17)11-14(13)20-10-4-2/h5-6,11,17H,3-4,7-10H2,1-2H3,(H,16,18). The van der Waals surface area contributed by atoms with Crippen molar-refractivity contribution in [2.75, 3.05) is 26.4 Å². The highest BCUT2D eigenvalue weighted by Crippen LogP contribution is 2.28. The number of aliphatic hydroxyl groups excluding tert-OH is 1. The van der Waals surface area contributed by atoms with E-state index in [1.807, 2.05) is 13.8 Å². The van der Waals surface area contributed by atoms with Crippen LogP contribution in [0.15, 0.2) is 18.2 Å². The molecule has 0 unspecified atom stereocenters. The van der Waals surface area contributed by atoms with Gasteiger partial charge in [0, 0.05) is 12.1 Å². The molecule has 0 aliphatic carbocycles. The van der Waals surface area contributed by atoms with E-state index in [4.69, 9.17) is 14.6 Å². The summed E-state index contributed by atoms with van der Waals surface area (Å²) in [5.41, 5.74) is 0.494. The summed E-state index contributed by atoms with van der Waals surface area (Å²) in [4.78, 5) is 11.8. The minimum atomic E-state index is -0.234. The second kappa shape index (κ2) is 9.20. The van der Waals surface area contributed by atoms with Crippen molar-refractivity contribution >= 4 is 5.91 Å². The topological polar surface area (TPSA) is 67.8 Å². The summed E-state index contributed by atoms with van der Waals surface area (Å²) >= 11 is 0. The highest BCUT2D eigenvalue weighted by Gasteiger charge is 2.11. The van der Waals surface area contributed by atoms with E-state index in [9.17, 15) is 4.79 Å². The molecule has 0 saturated carbocycles. The van der Waals surface area contributed by atoms with Crippen LogP contribution in [0.2, 0.25) is 0 Å². The molecule has 0 aromatic heterocycles. The number of benzene rings is 1. The van der Waals surface area contributed by atoms with Gasteiger partial charge in [0.2, 0.25) is 0 Å². The van der Waals surface area contributed by atoms with Crippen LogP contribution in [0.4, 0.5) is 0 Å². The van der Waals surface area contributed by atoms with Crippen molar-refractivity contribution in [1.29, 1.82) is 0 Å². The largest absolute Gasteiger partial charge is 0.490 e. The normalized spacial score (nSPS) is 10.2. The summed E-state index contributed by atoms with van der Waals surface area (Å²) in [7, 11) is 0. The molecule has 0 aliphatic rings. The molecule has 0 heterocycles. The molecular weight excluding hydrogens is 258 g/mol. The fraction of sp³-hybridized carbons (Fsp3) is 0.533. The maximum Gasteiger partial charge on any atom is 0.251 e. The molecule has 1 aromatic rings. The second-order valence-corrected chi connectivity index (χ2v) is 4.34. The fourth-order valence-corrected chi connectivity index (χ4v) is 1.58. The van der Waals surface area contributed by atoms with Crippen molar-refractivity contribution in [2.24, 2.45) is 0 Å². The monoisotopic (exact) mass is 281 g/mol. The molecule has 0 bridgehead atoms. The van der Waals surface area contributed by atoms with E-state index in [1.165, 1.54) is 0 Å². The van der Waals surface area contributed by atoms with Gasteiger partial charge in [-0.25, -0.2) is 0 Å². The second-order valence-electron chi connectivity index (χ2n) is 4.34. The number of ether oxygens (including phenoxy) is 2. The predicted octanol–water partition coefficient (Wildman–Crippen LogP) is 1.99. The van der Waals surface area contributed by atoms with E-state index < -0.39 is 0 Å². The third kappa shape index (κ3) is 5.09. The number of aliphatic hydroxyl groups is 1. The SMILES string of the molecule is CCCOc1ccc(C(=O)NCCO)cc1OCCC. The molecule has 0 atom stereocenters. The maximum absolute atomic E-state index is 11.8. The number of nitrogens with one attached hydrogen (secondary N) is 1. The van der Waals surface area contributed by atoms with Gasteiger partial charge in [-0.05, 0) is 31.0 Å². The van der Waals surface area contributed by atoms with Crippen molar-refractivity contribution in [2.45, 2.75) is 26.7 Å². The third-order valence-electron chi connectivity index (χ3n) is 2.53. The van der Waals surface area contributed by atoms with Crippen LogP contribution in [0.25, 0.3) is 0 Å². The Kier molecular flexibility index (Phi) is 7.50. The van der Waals surface area contributed by atoms with Gasteiger partial charge in [-0.3, -0.25) is 4.79 Å². The lowest BCUT2D eigenvalue weighted by Gasteiger charge is -2.13. The highest BCUT2D eigenvalue weighted by molar-refractivity contribution is 5.94. The average Bonchev–Trinajstić information content (AvgIpc) is 2.48. The first-order valence-electron chi connectivity index (χ1n) is 7.01. The van der Waals surface area contributed by atoms with Crippen LogP contribution in [-0.2, 0) is 0 Å². The smallest absolute Gasteiger partial charge is 0.251 e. The van der Waals surface area contributed by atoms with Crippen molar-refractivity contribution < 1.29 is 19.4 Å². The molecule has 0 fully saturated rings. The Morgan fingerprint density at radius 3 is 2.40 bits per heavy atom. The van der Waals surface area contributed by atoms with Gasteiger partial charge in [0.25, 0.3) is 5.91 Å². The van der Waals surface area contributed by atoms with Crippen molar-refractivity contribution in [3.8, 4) is 11.5 Å². The summed E-state index contributed by atoms with van der Waals surface area (Å²) in [6.07, 6.45) is 1.79. The Balaban J connectivity index is 2.85. The van der Waals surface area contributed by atoms with Crippen LogP contribution < -0.4 is 14.8 Å². The quantitative estimate of drug-likeness (QED) is 0.726. The molecule has 112 valence electrons. The lowest BCUT2D eigenvalue weighted by molar-refractivity contribution is 0.0944. The van der Waals surface area contributed by atoms with E-state index in [-0.39, 0.29) is 19.1 Å². The minimum absolute atomic E-state index is 0.0807. The first-order valence-corrected chi connectivity index (χ1v) is 7.01. The summed E-state index contributed by atoms with van der Waals surface area (Å²) in [6, 6.07) is 5.11. The fourth-order valence-electron chi connectivity index (χ4n) is 1.58.